The molecule has 1 saturated carbocycles. The summed E-state index contributed by atoms with van der Waals surface area (Å²) in [6.45, 7) is 9.45. The van der Waals surface area contributed by atoms with Crippen LogP contribution in [0.1, 0.15) is 64.4 Å². The second-order valence-corrected chi connectivity index (χ2v) is 11.1. The van der Waals surface area contributed by atoms with Gasteiger partial charge in [-0.25, -0.2) is 0 Å². The largest absolute Gasteiger partial charge is 0.396 e. The number of fused-ring (bicyclic) bond motifs is 1. The molecule has 1 unspecified atom stereocenters. The molecule has 0 radical (unpaired) electrons. The van der Waals surface area contributed by atoms with Crippen LogP contribution in [0.15, 0.2) is 42.0 Å². The van der Waals surface area contributed by atoms with Gasteiger partial charge in [0.1, 0.15) is 6.29 Å². The summed E-state index contributed by atoms with van der Waals surface area (Å²) in [6.07, 6.45) is 16.8. The van der Waals surface area contributed by atoms with Gasteiger partial charge in [0.15, 0.2) is 6.29 Å². The highest BCUT2D eigenvalue weighted by Gasteiger charge is 2.35. The van der Waals surface area contributed by atoms with Crippen LogP contribution < -0.4 is 10.4 Å². The number of rotatable bonds is 10. The number of aryl methyl sites for hydroxylation is 1. The topological polar surface area (TPSA) is 65.0 Å². The van der Waals surface area contributed by atoms with Crippen molar-refractivity contribution in [1.82, 2.24) is 0 Å². The predicted molar refractivity (Wildman–Crippen MR) is 154 cm³/mol. The lowest BCUT2D eigenvalue weighted by Crippen LogP contribution is -2.42. The quantitative estimate of drug-likeness (QED) is 0.354. The number of carbonyl (C=O) groups excluding carboxylic acids is 1. The zero-order valence-corrected chi connectivity index (χ0v) is 23.7. The molecule has 0 bridgehead atoms. The van der Waals surface area contributed by atoms with Crippen molar-refractivity contribution in [2.45, 2.75) is 71.5 Å². The number of methoxy groups -OCH3 is 1. The summed E-state index contributed by atoms with van der Waals surface area (Å²) in [5, 5.41) is 12.1. The highest BCUT2D eigenvalue weighted by atomic mass is 16.7. The number of allylic oxidation sites excluding steroid dienone is 3. The Morgan fingerprint density at radius 3 is 2.45 bits per heavy atom. The Morgan fingerprint density at radius 1 is 1.13 bits per heavy atom. The van der Waals surface area contributed by atoms with Crippen molar-refractivity contribution in [1.29, 1.82) is 0 Å². The van der Waals surface area contributed by atoms with E-state index in [2.05, 4.69) is 49.9 Å². The van der Waals surface area contributed by atoms with Gasteiger partial charge < -0.3 is 19.3 Å². The Bertz CT molecular complexity index is 1020. The Labute approximate surface area is 229 Å². The second-order valence-electron chi connectivity index (χ2n) is 11.1. The molecule has 38 heavy (non-hydrogen) atoms. The number of aliphatic hydroxyl groups excluding tert-OH is 1. The molecule has 5 heteroatoms. The Balaban J connectivity index is 0.000000732. The van der Waals surface area contributed by atoms with Gasteiger partial charge in [-0.3, -0.25) is 4.79 Å². The first-order chi connectivity index (χ1) is 18.5. The molecule has 1 aromatic rings. The van der Waals surface area contributed by atoms with Crippen LogP contribution in [0, 0.1) is 23.7 Å². The molecule has 1 aliphatic heterocycles. The Morgan fingerprint density at radius 2 is 1.84 bits per heavy atom. The molecule has 1 atom stereocenters. The van der Waals surface area contributed by atoms with Crippen LogP contribution in [0.5, 0.6) is 0 Å². The third-order valence-corrected chi connectivity index (χ3v) is 8.10. The number of hydrogen-bond donors (Lipinski definition) is 1. The van der Waals surface area contributed by atoms with Crippen LogP contribution in [0.25, 0.3) is 12.2 Å². The normalized spacial score (nSPS) is 25.7. The van der Waals surface area contributed by atoms with Crippen LogP contribution in [0.2, 0.25) is 0 Å². The van der Waals surface area contributed by atoms with Gasteiger partial charge in [0, 0.05) is 25.6 Å². The molecule has 1 N–H and O–H groups in total. The van der Waals surface area contributed by atoms with Gasteiger partial charge >= 0.3 is 0 Å². The van der Waals surface area contributed by atoms with Gasteiger partial charge in [0.2, 0.25) is 0 Å². The molecule has 1 saturated heterocycles. The average molecular weight is 525 g/mol. The maximum Gasteiger partial charge on any atom is 0.162 e. The average Bonchev–Trinajstić information content (AvgIpc) is 3.16. The summed E-state index contributed by atoms with van der Waals surface area (Å²) < 4.78 is 17.5. The first-order valence-corrected chi connectivity index (χ1v) is 14.4. The second kappa shape index (κ2) is 16.1. The number of hydrogen-bond acceptors (Lipinski definition) is 5. The van der Waals surface area contributed by atoms with E-state index in [0.29, 0.717) is 36.4 Å². The van der Waals surface area contributed by atoms with Gasteiger partial charge in [0.05, 0.1) is 19.8 Å². The van der Waals surface area contributed by atoms with E-state index < -0.39 is 0 Å². The summed E-state index contributed by atoms with van der Waals surface area (Å²) in [4.78, 5) is 9.41. The van der Waals surface area contributed by atoms with Crippen molar-refractivity contribution < 1.29 is 24.1 Å². The maximum atomic E-state index is 9.41. The van der Waals surface area contributed by atoms with Crippen molar-refractivity contribution in [3.63, 3.8) is 0 Å². The van der Waals surface area contributed by atoms with Gasteiger partial charge in [-0.05, 0) is 85.3 Å². The van der Waals surface area contributed by atoms with E-state index in [1.165, 1.54) is 48.1 Å². The van der Waals surface area contributed by atoms with Crippen LogP contribution in [0.3, 0.4) is 0 Å². The molecule has 1 aromatic carbocycles. The number of aldehydes is 1. The fourth-order valence-electron chi connectivity index (χ4n) is 5.91. The molecule has 2 aliphatic carbocycles. The Hall–Kier alpha value is -2.05. The molecule has 0 spiro atoms. The van der Waals surface area contributed by atoms with E-state index in [-0.39, 0.29) is 18.8 Å². The minimum absolute atomic E-state index is 0.105. The number of aliphatic hydroxyl groups is 1. The summed E-state index contributed by atoms with van der Waals surface area (Å²) in [7, 11) is 1.69. The lowest BCUT2D eigenvalue weighted by molar-refractivity contribution is -0.239. The van der Waals surface area contributed by atoms with Crippen LogP contribution in [0.4, 0.5) is 0 Å². The molecular formula is C33H48O5. The minimum atomic E-state index is -0.244. The highest BCUT2D eigenvalue weighted by Crippen LogP contribution is 2.39. The van der Waals surface area contributed by atoms with Crippen molar-refractivity contribution in [3.05, 3.63) is 58.0 Å². The first kappa shape index (κ1) is 30.5. The molecule has 4 rings (SSSR count). The van der Waals surface area contributed by atoms with Gasteiger partial charge in [-0.1, -0.05) is 61.9 Å². The molecule has 2 fully saturated rings. The summed E-state index contributed by atoms with van der Waals surface area (Å²) in [6, 6.07) is 6.97. The fourth-order valence-corrected chi connectivity index (χ4v) is 5.91. The summed E-state index contributed by atoms with van der Waals surface area (Å²) in [5.74, 6) is 1.98. The first-order valence-electron chi connectivity index (χ1n) is 14.4. The summed E-state index contributed by atoms with van der Waals surface area (Å²) in [5.41, 5.74) is 3.62. The van der Waals surface area contributed by atoms with Gasteiger partial charge in [-0.15, -0.1) is 0 Å². The van der Waals surface area contributed by atoms with Crippen molar-refractivity contribution in [2.75, 3.05) is 33.5 Å². The molecule has 5 nitrogen and oxygen atoms in total. The minimum Gasteiger partial charge on any atom is -0.396 e. The van der Waals surface area contributed by atoms with Crippen LogP contribution in [-0.2, 0) is 25.4 Å². The lowest BCUT2D eigenvalue weighted by atomic mass is 9.73. The fraction of sp³-hybridized carbons (Fsp3) is 0.606. The molecule has 3 aliphatic rings. The summed E-state index contributed by atoms with van der Waals surface area (Å²) >= 11 is 0. The van der Waals surface area contributed by atoms with E-state index in [9.17, 15) is 9.90 Å². The Kier molecular flexibility index (Phi) is 13.0. The van der Waals surface area contributed by atoms with Crippen molar-refractivity contribution >= 4 is 18.4 Å². The van der Waals surface area contributed by atoms with E-state index in [4.69, 9.17) is 14.2 Å². The van der Waals surface area contributed by atoms with E-state index in [1.807, 2.05) is 0 Å². The van der Waals surface area contributed by atoms with Crippen LogP contribution in [-0.4, -0.2) is 51.2 Å². The SMILES string of the molecule is C=C(C)C=O.CCCc1ccc2c(c1)=CC=C(C1CCC(C3COC(C(CCO)COC)OC3)CC1)CC=2. The third kappa shape index (κ3) is 9.01. The van der Waals surface area contributed by atoms with Crippen LogP contribution >= 0.6 is 0 Å². The van der Waals surface area contributed by atoms with E-state index >= 15 is 0 Å². The van der Waals surface area contributed by atoms with E-state index in [1.54, 1.807) is 19.6 Å². The predicted octanol–water partition coefficient (Wildman–Crippen LogP) is 4.73. The smallest absolute Gasteiger partial charge is 0.162 e. The van der Waals surface area contributed by atoms with Crippen molar-refractivity contribution in [3.8, 4) is 0 Å². The lowest BCUT2D eigenvalue weighted by Gasteiger charge is -2.39. The highest BCUT2D eigenvalue weighted by molar-refractivity contribution is 5.70. The zero-order chi connectivity index (χ0) is 27.3. The van der Waals surface area contributed by atoms with Gasteiger partial charge in [0.25, 0.3) is 0 Å². The monoisotopic (exact) mass is 524 g/mol. The standard InChI is InChI=1S/C29H42O4.C4H6O/c1-3-4-21-5-6-24-10-7-23(13-14-26(24)17-21)22-8-11-25(12-9-22)28-19-32-29(33-20-28)27(15-16-30)18-31-2;1-4(2)3-5/h5-6,10,13-14,17,22,25,27-30H,3-4,7-9,11-12,15-16,18-20H2,1-2H3;3H,1H2,2H3. The third-order valence-electron chi connectivity index (χ3n) is 8.10. The number of benzene rings is 1. The maximum absolute atomic E-state index is 9.41. The molecular weight excluding hydrogens is 476 g/mol. The zero-order valence-electron chi connectivity index (χ0n) is 23.7. The number of carbonyl (C=O) groups is 1. The molecule has 0 aromatic heterocycles. The van der Waals surface area contributed by atoms with Crippen molar-refractivity contribution in [2.24, 2.45) is 23.7 Å². The number of ether oxygens (including phenoxy) is 3. The van der Waals surface area contributed by atoms with E-state index in [0.717, 1.165) is 32.3 Å². The molecule has 210 valence electrons. The van der Waals surface area contributed by atoms with Gasteiger partial charge in [-0.2, -0.15) is 0 Å². The molecule has 1 heterocycles. The molecule has 0 amide bonds.